The number of rotatable bonds is 4. The van der Waals surface area contributed by atoms with Gasteiger partial charge in [0.2, 0.25) is 5.91 Å². The van der Waals surface area contributed by atoms with Crippen molar-refractivity contribution in [3.05, 3.63) is 29.8 Å². The average Bonchev–Trinajstić information content (AvgIpc) is 2.23. The monoisotopic (exact) mass is 291 g/mol. The second kappa shape index (κ2) is 5.69. The normalized spacial score (nSPS) is 9.94. The minimum absolute atomic E-state index is 0.0815. The number of carbonyl (C=O) groups is 2. The van der Waals surface area contributed by atoms with E-state index in [2.05, 4.69) is 21.2 Å². The SMILES string of the molecule is O=C(CBr)CC(=O)Nc1ccc(F)c(F)c1. The van der Waals surface area contributed by atoms with E-state index >= 15 is 0 Å². The lowest BCUT2D eigenvalue weighted by atomic mass is 10.2. The van der Waals surface area contributed by atoms with Gasteiger partial charge in [-0.1, -0.05) is 15.9 Å². The van der Waals surface area contributed by atoms with Crippen LogP contribution in [0.15, 0.2) is 18.2 Å². The van der Waals surface area contributed by atoms with Crippen molar-refractivity contribution in [2.45, 2.75) is 6.42 Å². The first-order valence-corrected chi connectivity index (χ1v) is 5.47. The summed E-state index contributed by atoms with van der Waals surface area (Å²) in [7, 11) is 0. The van der Waals surface area contributed by atoms with Crippen molar-refractivity contribution in [3.8, 4) is 0 Å². The first kappa shape index (κ1) is 12.8. The van der Waals surface area contributed by atoms with Crippen molar-refractivity contribution in [2.75, 3.05) is 10.6 Å². The number of hydrogen-bond donors (Lipinski definition) is 1. The fourth-order valence-electron chi connectivity index (χ4n) is 1.01. The van der Waals surface area contributed by atoms with Crippen LogP contribution in [-0.2, 0) is 9.59 Å². The van der Waals surface area contributed by atoms with Crippen molar-refractivity contribution in [1.82, 2.24) is 0 Å². The molecule has 16 heavy (non-hydrogen) atoms. The van der Waals surface area contributed by atoms with Crippen LogP contribution in [0.1, 0.15) is 6.42 Å². The summed E-state index contributed by atoms with van der Waals surface area (Å²) >= 11 is 2.91. The smallest absolute Gasteiger partial charge is 0.231 e. The van der Waals surface area contributed by atoms with Gasteiger partial charge in [0.25, 0.3) is 0 Å². The largest absolute Gasteiger partial charge is 0.326 e. The van der Waals surface area contributed by atoms with Gasteiger partial charge < -0.3 is 5.32 Å². The van der Waals surface area contributed by atoms with Crippen molar-refractivity contribution >= 4 is 33.3 Å². The molecule has 0 unspecified atom stereocenters. The molecule has 1 aromatic carbocycles. The van der Waals surface area contributed by atoms with Crippen LogP contribution in [0.5, 0.6) is 0 Å². The summed E-state index contributed by atoms with van der Waals surface area (Å²) < 4.78 is 25.3. The van der Waals surface area contributed by atoms with E-state index in [0.29, 0.717) is 0 Å². The molecule has 0 heterocycles. The number of anilines is 1. The summed E-state index contributed by atoms with van der Waals surface area (Å²) in [4.78, 5) is 22.1. The van der Waals surface area contributed by atoms with Crippen LogP contribution in [0.25, 0.3) is 0 Å². The number of carbonyl (C=O) groups excluding carboxylic acids is 2. The van der Waals surface area contributed by atoms with Crippen LogP contribution in [0.4, 0.5) is 14.5 Å². The number of Topliss-reactive ketones (excluding diaryl/α,β-unsaturated/α-hetero) is 1. The average molecular weight is 292 g/mol. The molecule has 1 N–H and O–H groups in total. The number of nitrogens with one attached hydrogen (secondary N) is 1. The second-order valence-electron chi connectivity index (χ2n) is 3.03. The van der Waals surface area contributed by atoms with Gasteiger partial charge in [0.15, 0.2) is 17.4 Å². The molecule has 1 aromatic rings. The third-order valence-electron chi connectivity index (χ3n) is 1.71. The summed E-state index contributed by atoms with van der Waals surface area (Å²) in [5, 5.41) is 2.37. The van der Waals surface area contributed by atoms with E-state index in [4.69, 9.17) is 0 Å². The van der Waals surface area contributed by atoms with E-state index < -0.39 is 17.5 Å². The molecule has 0 bridgehead atoms. The van der Waals surface area contributed by atoms with Gasteiger partial charge in [-0.05, 0) is 12.1 Å². The number of ketones is 1. The molecule has 0 aliphatic rings. The first-order valence-electron chi connectivity index (χ1n) is 4.35. The molecule has 0 aliphatic heterocycles. The van der Waals surface area contributed by atoms with E-state index in [1.54, 1.807) is 0 Å². The van der Waals surface area contributed by atoms with E-state index in [9.17, 15) is 18.4 Å². The fraction of sp³-hybridized carbons (Fsp3) is 0.200. The Morgan fingerprint density at radius 1 is 1.25 bits per heavy atom. The van der Waals surface area contributed by atoms with Crippen molar-refractivity contribution in [3.63, 3.8) is 0 Å². The number of benzene rings is 1. The van der Waals surface area contributed by atoms with Gasteiger partial charge in [0.05, 0.1) is 11.8 Å². The molecule has 0 saturated carbocycles. The number of hydrogen-bond acceptors (Lipinski definition) is 2. The molecule has 0 atom stereocenters. The Morgan fingerprint density at radius 2 is 1.94 bits per heavy atom. The Morgan fingerprint density at radius 3 is 2.50 bits per heavy atom. The fourth-order valence-corrected chi connectivity index (χ4v) is 1.20. The Balaban J connectivity index is 2.63. The van der Waals surface area contributed by atoms with Gasteiger partial charge in [-0.25, -0.2) is 8.78 Å². The summed E-state index contributed by atoms with van der Waals surface area (Å²) in [5.74, 6) is -2.89. The third kappa shape index (κ3) is 3.69. The van der Waals surface area contributed by atoms with E-state index in [0.717, 1.165) is 12.1 Å². The molecular formula is C10H8BrF2NO2. The molecule has 0 radical (unpaired) electrons. The lowest BCUT2D eigenvalue weighted by Crippen LogP contribution is -2.17. The number of alkyl halides is 1. The molecule has 0 saturated heterocycles. The van der Waals surface area contributed by atoms with Crippen LogP contribution in [0.2, 0.25) is 0 Å². The topological polar surface area (TPSA) is 46.2 Å². The van der Waals surface area contributed by atoms with Crippen LogP contribution >= 0.6 is 15.9 Å². The van der Waals surface area contributed by atoms with Gasteiger partial charge >= 0.3 is 0 Å². The van der Waals surface area contributed by atoms with Gasteiger partial charge in [0, 0.05) is 11.8 Å². The highest BCUT2D eigenvalue weighted by molar-refractivity contribution is 9.09. The minimum atomic E-state index is -1.05. The van der Waals surface area contributed by atoms with E-state index in [1.807, 2.05) is 0 Å². The molecule has 0 aromatic heterocycles. The molecule has 6 heteroatoms. The van der Waals surface area contributed by atoms with E-state index in [1.165, 1.54) is 6.07 Å². The molecule has 0 spiro atoms. The molecule has 86 valence electrons. The maximum atomic E-state index is 12.8. The minimum Gasteiger partial charge on any atom is -0.326 e. The predicted octanol–water partition coefficient (Wildman–Crippen LogP) is 2.26. The standard InChI is InChI=1S/C10H8BrF2NO2/c11-5-7(15)4-10(16)14-6-1-2-8(12)9(13)3-6/h1-3H,4-5H2,(H,14,16). The highest BCUT2D eigenvalue weighted by Crippen LogP contribution is 2.13. The zero-order valence-corrected chi connectivity index (χ0v) is 9.68. The van der Waals surface area contributed by atoms with Crippen LogP contribution in [0.3, 0.4) is 0 Å². The Labute approximate surface area is 99.0 Å². The molecule has 3 nitrogen and oxygen atoms in total. The highest BCUT2D eigenvalue weighted by atomic mass is 79.9. The van der Waals surface area contributed by atoms with E-state index in [-0.39, 0.29) is 23.2 Å². The summed E-state index contributed by atoms with van der Waals surface area (Å²) in [6.45, 7) is 0. The maximum absolute atomic E-state index is 12.8. The van der Waals surface area contributed by atoms with Crippen LogP contribution < -0.4 is 5.32 Å². The zero-order valence-electron chi connectivity index (χ0n) is 8.10. The summed E-state index contributed by atoms with van der Waals surface area (Å²) in [5.41, 5.74) is 0.117. The van der Waals surface area contributed by atoms with Crippen molar-refractivity contribution in [2.24, 2.45) is 0 Å². The summed E-state index contributed by atoms with van der Waals surface area (Å²) in [6.07, 6.45) is -0.301. The lowest BCUT2D eigenvalue weighted by Gasteiger charge is -2.04. The molecule has 0 fully saturated rings. The Bertz CT molecular complexity index is 423. The molecule has 0 aliphatic carbocycles. The second-order valence-corrected chi connectivity index (χ2v) is 3.59. The number of halogens is 3. The molecular weight excluding hydrogens is 284 g/mol. The number of amides is 1. The Hall–Kier alpha value is -1.30. The van der Waals surface area contributed by atoms with Gasteiger partial charge in [-0.2, -0.15) is 0 Å². The zero-order chi connectivity index (χ0) is 12.1. The predicted molar refractivity (Wildman–Crippen MR) is 58.4 cm³/mol. The van der Waals surface area contributed by atoms with Crippen molar-refractivity contribution in [1.29, 1.82) is 0 Å². The van der Waals surface area contributed by atoms with Gasteiger partial charge in [-0.3, -0.25) is 9.59 Å². The molecule has 1 amide bonds. The third-order valence-corrected chi connectivity index (χ3v) is 2.34. The lowest BCUT2D eigenvalue weighted by molar-refractivity contribution is -0.123. The molecule has 1 rings (SSSR count). The van der Waals surface area contributed by atoms with Gasteiger partial charge in [0.1, 0.15) is 0 Å². The first-order chi connectivity index (χ1) is 7.52. The quantitative estimate of drug-likeness (QED) is 0.683. The Kier molecular flexibility index (Phi) is 4.54. The van der Waals surface area contributed by atoms with Crippen LogP contribution in [-0.4, -0.2) is 17.0 Å². The maximum Gasteiger partial charge on any atom is 0.231 e. The van der Waals surface area contributed by atoms with Gasteiger partial charge in [-0.15, -0.1) is 0 Å². The van der Waals surface area contributed by atoms with Crippen LogP contribution in [0, 0.1) is 11.6 Å². The summed E-state index contributed by atoms with van der Waals surface area (Å²) in [6, 6.07) is 2.97. The highest BCUT2D eigenvalue weighted by Gasteiger charge is 2.09. The van der Waals surface area contributed by atoms with Crippen molar-refractivity contribution < 1.29 is 18.4 Å².